The molecule has 0 aliphatic heterocycles. The zero-order valence-corrected chi connectivity index (χ0v) is 13.4. The first-order chi connectivity index (χ1) is 12.4. The van der Waals surface area contributed by atoms with Crippen LogP contribution < -0.4 is 5.32 Å². The van der Waals surface area contributed by atoms with E-state index in [2.05, 4.69) is 15.6 Å². The summed E-state index contributed by atoms with van der Waals surface area (Å²) in [5.74, 6) is 0. The number of para-hydroxylation sites is 2. The maximum Gasteiger partial charge on any atom is 0.150 e. The fourth-order valence-corrected chi connectivity index (χ4v) is 2.91. The van der Waals surface area contributed by atoms with Gasteiger partial charge < -0.3 is 5.32 Å². The van der Waals surface area contributed by atoms with Crippen LogP contribution in [0.4, 0.5) is 5.69 Å². The van der Waals surface area contributed by atoms with E-state index in [0.29, 0.717) is 5.56 Å². The number of aromatic nitrogens is 3. The normalized spacial score (nSPS) is 12.0. The quantitative estimate of drug-likeness (QED) is 0.564. The molecule has 1 atom stereocenters. The SMILES string of the molecule is O=Cc1ccccc1C(Nc1ccccc1)n1nnc2ccccc21. The monoisotopic (exact) mass is 328 g/mol. The lowest BCUT2D eigenvalue weighted by Gasteiger charge is -2.22. The first-order valence-electron chi connectivity index (χ1n) is 8.02. The Morgan fingerprint density at radius 1 is 0.880 bits per heavy atom. The third-order valence-corrected chi connectivity index (χ3v) is 4.12. The summed E-state index contributed by atoms with van der Waals surface area (Å²) in [7, 11) is 0. The third kappa shape index (κ3) is 2.87. The molecule has 0 bridgehead atoms. The predicted molar refractivity (Wildman–Crippen MR) is 97.6 cm³/mol. The maximum atomic E-state index is 11.5. The number of anilines is 1. The molecule has 3 aromatic carbocycles. The van der Waals surface area contributed by atoms with E-state index in [0.717, 1.165) is 28.6 Å². The Morgan fingerprint density at radius 3 is 2.44 bits per heavy atom. The Hall–Kier alpha value is -3.47. The summed E-state index contributed by atoms with van der Waals surface area (Å²) in [6, 6.07) is 25.1. The third-order valence-electron chi connectivity index (χ3n) is 4.12. The number of nitrogens with zero attached hydrogens (tertiary/aromatic N) is 3. The smallest absolute Gasteiger partial charge is 0.150 e. The molecule has 0 saturated heterocycles. The largest absolute Gasteiger partial charge is 0.360 e. The fourth-order valence-electron chi connectivity index (χ4n) is 2.91. The predicted octanol–water partition coefficient (Wildman–Crippen LogP) is 3.90. The van der Waals surface area contributed by atoms with Gasteiger partial charge in [0.15, 0.2) is 0 Å². The molecular formula is C20H16N4O. The minimum absolute atomic E-state index is 0.351. The van der Waals surface area contributed by atoms with Crippen molar-refractivity contribution < 1.29 is 4.79 Å². The number of carbonyl (C=O) groups excluding carboxylic acids is 1. The standard InChI is InChI=1S/C20H16N4O/c25-14-15-8-4-5-11-17(15)20(21-16-9-2-1-3-10-16)24-19-13-7-6-12-18(19)22-23-24/h1-14,20-21H. The Morgan fingerprint density at radius 2 is 1.60 bits per heavy atom. The molecule has 25 heavy (non-hydrogen) atoms. The van der Waals surface area contributed by atoms with Crippen LogP contribution in [0.2, 0.25) is 0 Å². The van der Waals surface area contributed by atoms with Crippen molar-refractivity contribution in [3.63, 3.8) is 0 Å². The molecular weight excluding hydrogens is 312 g/mol. The first kappa shape index (κ1) is 15.1. The molecule has 1 aromatic heterocycles. The number of rotatable bonds is 5. The van der Waals surface area contributed by atoms with Crippen molar-refractivity contribution >= 4 is 23.0 Å². The number of benzene rings is 3. The highest BCUT2D eigenvalue weighted by Gasteiger charge is 2.20. The molecule has 122 valence electrons. The molecule has 1 unspecified atom stereocenters. The molecule has 4 rings (SSSR count). The van der Waals surface area contributed by atoms with Crippen LogP contribution in [-0.4, -0.2) is 21.3 Å². The van der Waals surface area contributed by atoms with E-state index in [1.54, 1.807) is 6.07 Å². The summed E-state index contributed by atoms with van der Waals surface area (Å²) in [6.45, 7) is 0. The molecule has 0 radical (unpaired) electrons. The molecule has 4 aromatic rings. The molecule has 0 spiro atoms. The van der Waals surface area contributed by atoms with Gasteiger partial charge in [0.25, 0.3) is 0 Å². The van der Waals surface area contributed by atoms with Gasteiger partial charge in [0.2, 0.25) is 0 Å². The number of fused-ring (bicyclic) bond motifs is 1. The molecule has 0 aliphatic carbocycles. The van der Waals surface area contributed by atoms with Crippen molar-refractivity contribution in [2.75, 3.05) is 5.32 Å². The number of nitrogens with one attached hydrogen (secondary N) is 1. The van der Waals surface area contributed by atoms with E-state index in [1.165, 1.54) is 0 Å². The van der Waals surface area contributed by atoms with Crippen molar-refractivity contribution in [1.82, 2.24) is 15.0 Å². The minimum Gasteiger partial charge on any atom is -0.360 e. The highest BCUT2D eigenvalue weighted by atomic mass is 16.1. The van der Waals surface area contributed by atoms with Gasteiger partial charge in [-0.3, -0.25) is 4.79 Å². The van der Waals surface area contributed by atoms with E-state index in [9.17, 15) is 4.79 Å². The Balaban J connectivity index is 1.88. The van der Waals surface area contributed by atoms with E-state index in [1.807, 2.05) is 77.5 Å². The summed E-state index contributed by atoms with van der Waals surface area (Å²) in [6.07, 6.45) is 0.518. The van der Waals surface area contributed by atoms with Crippen molar-refractivity contribution in [2.45, 2.75) is 6.17 Å². The molecule has 5 nitrogen and oxygen atoms in total. The highest BCUT2D eigenvalue weighted by molar-refractivity contribution is 5.79. The van der Waals surface area contributed by atoms with Crippen LogP contribution in [0, 0.1) is 0 Å². The molecule has 0 amide bonds. The lowest BCUT2D eigenvalue weighted by molar-refractivity contribution is 0.112. The molecule has 1 heterocycles. The van der Waals surface area contributed by atoms with Gasteiger partial charge in [-0.15, -0.1) is 5.10 Å². The van der Waals surface area contributed by atoms with E-state index >= 15 is 0 Å². The fraction of sp³-hybridized carbons (Fsp3) is 0.0500. The van der Waals surface area contributed by atoms with Crippen molar-refractivity contribution in [3.8, 4) is 0 Å². The maximum absolute atomic E-state index is 11.5. The van der Waals surface area contributed by atoms with Gasteiger partial charge in [0.05, 0.1) is 5.52 Å². The Bertz CT molecular complexity index is 1010. The molecule has 5 heteroatoms. The van der Waals surface area contributed by atoms with Crippen LogP contribution in [0.5, 0.6) is 0 Å². The Kier molecular flexibility index (Phi) is 3.96. The van der Waals surface area contributed by atoms with Gasteiger partial charge in [-0.05, 0) is 24.3 Å². The zero-order valence-electron chi connectivity index (χ0n) is 13.4. The van der Waals surface area contributed by atoms with Crippen molar-refractivity contribution in [3.05, 3.63) is 90.0 Å². The van der Waals surface area contributed by atoms with E-state index in [-0.39, 0.29) is 6.17 Å². The summed E-state index contributed by atoms with van der Waals surface area (Å²) < 4.78 is 1.81. The average Bonchev–Trinajstić information content (AvgIpc) is 3.11. The van der Waals surface area contributed by atoms with Gasteiger partial charge in [-0.1, -0.05) is 59.8 Å². The average molecular weight is 328 g/mol. The van der Waals surface area contributed by atoms with Crippen LogP contribution in [0.15, 0.2) is 78.9 Å². The summed E-state index contributed by atoms with van der Waals surface area (Å²) >= 11 is 0. The number of hydrogen-bond donors (Lipinski definition) is 1. The minimum atomic E-state index is -0.351. The van der Waals surface area contributed by atoms with Gasteiger partial charge in [-0.2, -0.15) is 0 Å². The van der Waals surface area contributed by atoms with E-state index < -0.39 is 0 Å². The lowest BCUT2D eigenvalue weighted by atomic mass is 10.1. The molecule has 0 aliphatic rings. The van der Waals surface area contributed by atoms with Crippen molar-refractivity contribution in [2.24, 2.45) is 0 Å². The van der Waals surface area contributed by atoms with Crippen LogP contribution in [-0.2, 0) is 0 Å². The Labute approximate surface area is 144 Å². The second-order valence-electron chi connectivity index (χ2n) is 5.68. The van der Waals surface area contributed by atoms with Crippen LogP contribution in [0.25, 0.3) is 11.0 Å². The molecule has 1 N–H and O–H groups in total. The number of carbonyl (C=O) groups is 1. The summed E-state index contributed by atoms with van der Waals surface area (Å²) in [5, 5.41) is 12.0. The van der Waals surface area contributed by atoms with Crippen molar-refractivity contribution in [1.29, 1.82) is 0 Å². The highest BCUT2D eigenvalue weighted by Crippen LogP contribution is 2.26. The van der Waals surface area contributed by atoms with Gasteiger partial charge in [0.1, 0.15) is 18.0 Å². The lowest BCUT2D eigenvalue weighted by Crippen LogP contribution is -2.22. The van der Waals surface area contributed by atoms with Gasteiger partial charge in [-0.25, -0.2) is 4.68 Å². The summed E-state index contributed by atoms with van der Waals surface area (Å²) in [5.41, 5.74) is 4.11. The van der Waals surface area contributed by atoms with Crippen LogP contribution in [0.3, 0.4) is 0 Å². The zero-order chi connectivity index (χ0) is 17.1. The van der Waals surface area contributed by atoms with Crippen LogP contribution >= 0.6 is 0 Å². The second-order valence-corrected chi connectivity index (χ2v) is 5.68. The number of aldehydes is 1. The molecule has 0 fully saturated rings. The second kappa shape index (κ2) is 6.57. The van der Waals surface area contributed by atoms with Gasteiger partial charge in [0, 0.05) is 16.8 Å². The van der Waals surface area contributed by atoms with Crippen LogP contribution in [0.1, 0.15) is 22.1 Å². The van der Waals surface area contributed by atoms with E-state index in [4.69, 9.17) is 0 Å². The first-order valence-corrected chi connectivity index (χ1v) is 8.02. The summed E-state index contributed by atoms with van der Waals surface area (Å²) in [4.78, 5) is 11.5. The topological polar surface area (TPSA) is 59.8 Å². The molecule has 0 saturated carbocycles. The number of hydrogen-bond acceptors (Lipinski definition) is 4. The van der Waals surface area contributed by atoms with Gasteiger partial charge >= 0.3 is 0 Å².